The van der Waals surface area contributed by atoms with Crippen molar-refractivity contribution in [3.8, 4) is 0 Å². The Hall–Kier alpha value is -2.69. The SMILES string of the molecule is Cc1ccc(N)c(N2CCN(C(=O)OCc3ccccc3)CC2)c1. The minimum Gasteiger partial charge on any atom is -0.445 e. The van der Waals surface area contributed by atoms with Crippen LogP contribution in [0.3, 0.4) is 0 Å². The third-order valence-corrected chi connectivity index (χ3v) is 4.27. The first kappa shape index (κ1) is 16.2. The highest BCUT2D eigenvalue weighted by molar-refractivity contribution is 5.71. The molecular weight excluding hydrogens is 302 g/mol. The molecule has 0 aromatic heterocycles. The van der Waals surface area contributed by atoms with Crippen LogP contribution in [0, 0.1) is 6.92 Å². The van der Waals surface area contributed by atoms with Crippen LogP contribution in [-0.2, 0) is 11.3 Å². The summed E-state index contributed by atoms with van der Waals surface area (Å²) in [5, 5.41) is 0. The largest absolute Gasteiger partial charge is 0.445 e. The van der Waals surface area contributed by atoms with Gasteiger partial charge in [-0.2, -0.15) is 0 Å². The predicted molar refractivity (Wildman–Crippen MR) is 96.0 cm³/mol. The fraction of sp³-hybridized carbons (Fsp3) is 0.316. The summed E-state index contributed by atoms with van der Waals surface area (Å²) in [5.74, 6) is 0. The number of aryl methyl sites for hydroxylation is 1. The molecule has 24 heavy (non-hydrogen) atoms. The number of anilines is 2. The molecule has 1 heterocycles. The maximum Gasteiger partial charge on any atom is 0.410 e. The van der Waals surface area contributed by atoms with Gasteiger partial charge in [-0.15, -0.1) is 0 Å². The summed E-state index contributed by atoms with van der Waals surface area (Å²) in [6.07, 6.45) is -0.254. The number of carbonyl (C=O) groups is 1. The molecule has 0 bridgehead atoms. The fourth-order valence-corrected chi connectivity index (χ4v) is 2.87. The summed E-state index contributed by atoms with van der Waals surface area (Å²) in [7, 11) is 0. The van der Waals surface area contributed by atoms with Crippen molar-refractivity contribution in [2.24, 2.45) is 0 Å². The number of benzene rings is 2. The molecule has 5 heteroatoms. The highest BCUT2D eigenvalue weighted by atomic mass is 16.6. The molecule has 0 saturated carbocycles. The maximum absolute atomic E-state index is 12.2. The molecule has 0 atom stereocenters. The predicted octanol–water partition coefficient (Wildman–Crippen LogP) is 3.04. The summed E-state index contributed by atoms with van der Waals surface area (Å²) in [5.41, 5.74) is 10.1. The van der Waals surface area contributed by atoms with Gasteiger partial charge >= 0.3 is 6.09 Å². The molecule has 0 unspecified atom stereocenters. The summed E-state index contributed by atoms with van der Waals surface area (Å²) < 4.78 is 5.40. The highest BCUT2D eigenvalue weighted by Crippen LogP contribution is 2.25. The molecule has 2 N–H and O–H groups in total. The Kier molecular flexibility index (Phi) is 4.89. The number of hydrogen-bond donors (Lipinski definition) is 1. The van der Waals surface area contributed by atoms with Gasteiger partial charge in [0.05, 0.1) is 11.4 Å². The quantitative estimate of drug-likeness (QED) is 0.881. The van der Waals surface area contributed by atoms with Crippen molar-refractivity contribution < 1.29 is 9.53 Å². The van der Waals surface area contributed by atoms with Crippen LogP contribution in [0.25, 0.3) is 0 Å². The topological polar surface area (TPSA) is 58.8 Å². The number of rotatable bonds is 3. The molecule has 1 saturated heterocycles. The molecule has 3 rings (SSSR count). The molecule has 1 aliphatic heterocycles. The Morgan fingerprint density at radius 2 is 1.79 bits per heavy atom. The number of nitrogen functional groups attached to an aromatic ring is 1. The van der Waals surface area contributed by atoms with Crippen LogP contribution in [0.15, 0.2) is 48.5 Å². The minimum atomic E-state index is -0.254. The van der Waals surface area contributed by atoms with Crippen LogP contribution in [0.2, 0.25) is 0 Å². The summed E-state index contributed by atoms with van der Waals surface area (Å²) in [6.45, 7) is 5.16. The number of piperazine rings is 1. The van der Waals surface area contributed by atoms with Gasteiger partial charge in [-0.05, 0) is 30.2 Å². The van der Waals surface area contributed by atoms with Crippen LogP contribution < -0.4 is 10.6 Å². The molecule has 0 aliphatic carbocycles. The third kappa shape index (κ3) is 3.79. The summed E-state index contributed by atoms with van der Waals surface area (Å²) in [6, 6.07) is 15.8. The molecule has 1 amide bonds. The van der Waals surface area contributed by atoms with E-state index in [0.717, 1.165) is 30.0 Å². The second kappa shape index (κ2) is 7.25. The van der Waals surface area contributed by atoms with Gasteiger partial charge in [-0.3, -0.25) is 0 Å². The van der Waals surface area contributed by atoms with Gasteiger partial charge in [0.1, 0.15) is 6.61 Å². The molecule has 1 aliphatic rings. The van der Waals surface area contributed by atoms with Gasteiger partial charge in [0, 0.05) is 26.2 Å². The molecule has 2 aromatic rings. The van der Waals surface area contributed by atoms with E-state index < -0.39 is 0 Å². The Bertz CT molecular complexity index is 695. The van der Waals surface area contributed by atoms with E-state index in [-0.39, 0.29) is 6.09 Å². The molecule has 1 fully saturated rings. The zero-order chi connectivity index (χ0) is 16.9. The lowest BCUT2D eigenvalue weighted by atomic mass is 10.1. The zero-order valence-electron chi connectivity index (χ0n) is 13.9. The van der Waals surface area contributed by atoms with Crippen molar-refractivity contribution in [3.63, 3.8) is 0 Å². The molecule has 0 spiro atoms. The van der Waals surface area contributed by atoms with E-state index in [1.54, 1.807) is 4.90 Å². The number of carbonyl (C=O) groups excluding carboxylic acids is 1. The lowest BCUT2D eigenvalue weighted by Gasteiger charge is -2.36. The molecule has 2 aromatic carbocycles. The number of nitrogens with two attached hydrogens (primary N) is 1. The van der Waals surface area contributed by atoms with Gasteiger partial charge in [0.2, 0.25) is 0 Å². The Labute approximate surface area is 142 Å². The van der Waals surface area contributed by atoms with Crippen LogP contribution in [0.5, 0.6) is 0 Å². The highest BCUT2D eigenvalue weighted by Gasteiger charge is 2.23. The zero-order valence-corrected chi connectivity index (χ0v) is 13.9. The first-order chi connectivity index (χ1) is 11.6. The summed E-state index contributed by atoms with van der Waals surface area (Å²) in [4.78, 5) is 16.2. The number of amides is 1. The maximum atomic E-state index is 12.2. The standard InChI is InChI=1S/C19H23N3O2/c1-15-7-8-17(20)18(13-15)21-9-11-22(12-10-21)19(23)24-14-16-5-3-2-4-6-16/h2-8,13H,9-12,14,20H2,1H3. The Morgan fingerprint density at radius 3 is 2.50 bits per heavy atom. The van der Waals surface area contributed by atoms with Gasteiger partial charge in [0.25, 0.3) is 0 Å². The van der Waals surface area contributed by atoms with Crippen molar-refractivity contribution in [2.45, 2.75) is 13.5 Å². The first-order valence-corrected chi connectivity index (χ1v) is 8.20. The van der Waals surface area contributed by atoms with Crippen molar-refractivity contribution in [1.82, 2.24) is 4.90 Å². The van der Waals surface area contributed by atoms with Crippen LogP contribution in [-0.4, -0.2) is 37.2 Å². The van der Waals surface area contributed by atoms with Gasteiger partial charge in [-0.1, -0.05) is 36.4 Å². The number of ether oxygens (including phenoxy) is 1. The van der Waals surface area contributed by atoms with Gasteiger partial charge in [0.15, 0.2) is 0 Å². The van der Waals surface area contributed by atoms with Gasteiger partial charge < -0.3 is 20.3 Å². The average molecular weight is 325 g/mol. The fourth-order valence-electron chi connectivity index (χ4n) is 2.87. The van der Waals surface area contributed by atoms with Crippen LogP contribution in [0.4, 0.5) is 16.2 Å². The third-order valence-electron chi connectivity index (χ3n) is 4.27. The van der Waals surface area contributed by atoms with Crippen molar-refractivity contribution in [3.05, 3.63) is 59.7 Å². The number of nitrogens with zero attached hydrogens (tertiary/aromatic N) is 2. The van der Waals surface area contributed by atoms with E-state index in [4.69, 9.17) is 10.5 Å². The van der Waals surface area contributed by atoms with Crippen molar-refractivity contribution in [1.29, 1.82) is 0 Å². The molecule has 126 valence electrons. The lowest BCUT2D eigenvalue weighted by molar-refractivity contribution is 0.0942. The minimum absolute atomic E-state index is 0.254. The monoisotopic (exact) mass is 325 g/mol. The van der Waals surface area contributed by atoms with Crippen molar-refractivity contribution >= 4 is 17.5 Å². The smallest absolute Gasteiger partial charge is 0.410 e. The van der Waals surface area contributed by atoms with E-state index in [0.29, 0.717) is 19.7 Å². The van der Waals surface area contributed by atoms with E-state index in [1.807, 2.05) is 42.5 Å². The number of hydrogen-bond acceptors (Lipinski definition) is 4. The van der Waals surface area contributed by atoms with Crippen molar-refractivity contribution in [2.75, 3.05) is 36.8 Å². The van der Waals surface area contributed by atoms with E-state index in [1.165, 1.54) is 5.56 Å². The normalized spacial score (nSPS) is 14.5. The molecular formula is C19H23N3O2. The average Bonchev–Trinajstić information content (AvgIpc) is 2.63. The molecule has 0 radical (unpaired) electrons. The van der Waals surface area contributed by atoms with Crippen LogP contribution >= 0.6 is 0 Å². The van der Waals surface area contributed by atoms with Gasteiger partial charge in [-0.25, -0.2) is 4.79 Å². The van der Waals surface area contributed by atoms with E-state index in [2.05, 4.69) is 17.9 Å². The van der Waals surface area contributed by atoms with Crippen LogP contribution in [0.1, 0.15) is 11.1 Å². The second-order valence-electron chi connectivity index (χ2n) is 6.08. The first-order valence-electron chi connectivity index (χ1n) is 8.20. The van der Waals surface area contributed by atoms with E-state index >= 15 is 0 Å². The lowest BCUT2D eigenvalue weighted by Crippen LogP contribution is -2.49. The molecule has 5 nitrogen and oxygen atoms in total. The Morgan fingerprint density at radius 1 is 1.08 bits per heavy atom. The van der Waals surface area contributed by atoms with E-state index in [9.17, 15) is 4.79 Å². The second-order valence-corrected chi connectivity index (χ2v) is 6.08. The summed E-state index contributed by atoms with van der Waals surface area (Å²) >= 11 is 0. The Balaban J connectivity index is 1.53.